The van der Waals surface area contributed by atoms with E-state index in [0.29, 0.717) is 6.42 Å². The van der Waals surface area contributed by atoms with Crippen molar-refractivity contribution in [2.75, 3.05) is 48.5 Å². The van der Waals surface area contributed by atoms with Crippen LogP contribution in [0.25, 0.3) is 0 Å². The van der Waals surface area contributed by atoms with Gasteiger partial charge in [0.05, 0.1) is 43.0 Å². The number of ether oxygens (including phenoxy) is 10. The molecule has 1 aromatic carbocycles. The average Bonchev–Trinajstić information content (AvgIpc) is 3.31. The fourth-order valence-corrected chi connectivity index (χ4v) is 10.6. The number of cyclic esters (lactones) is 1. The van der Waals surface area contributed by atoms with Crippen LogP contribution < -0.4 is 0 Å². The fourth-order valence-electron chi connectivity index (χ4n) is 10.6. The van der Waals surface area contributed by atoms with E-state index in [1.165, 1.54) is 28.3 Å². The zero-order chi connectivity index (χ0) is 52.7. The lowest BCUT2D eigenvalue weighted by molar-refractivity contribution is -0.320. The number of likely N-dealkylation sites (N-methyl/N-ethyl adjacent to an activating group) is 1. The second kappa shape index (κ2) is 28.0. The number of carbonyl (C=O) groups is 5. The minimum absolute atomic E-state index is 0.00325. The molecule has 1 aromatic rings. The molecule has 19 nitrogen and oxygen atoms in total. The Bertz CT molecular complexity index is 1840. The Balaban J connectivity index is 1.81. The third-order valence-electron chi connectivity index (χ3n) is 14.3. The molecule has 1 amide bonds. The Kier molecular flexibility index (Phi) is 23.6. The van der Waals surface area contributed by atoms with Gasteiger partial charge in [0.2, 0.25) is 5.91 Å². The average molecular weight is 1010 g/mol. The standard InChI is InChI=1S/C52H84N2O17/c1-14-40(58)68-38-27-42(60)65-31(4)23-24-54(39(57)22-21-35-19-17-16-18-20-35)29-37(56)30(3)25-36(26-43(62-11)63-12)45(49(38)64-13)50-47(61)46(53(9)10)48(32(5)67-50)70-44-28-52(8,71-34(7)55)51(33(6)66-44)69-41(59)15-2/h16-20,30-33,36-38,43-51,56,61H,14-15,21-29H2,1-13H3/t30-,31-,32-,33+,36-,37+,38-,44-,45+,46-,47-,48-,49-,50+,51+,52-/m1/s1. The van der Waals surface area contributed by atoms with Crippen molar-refractivity contribution in [3.63, 3.8) is 0 Å². The molecule has 16 atom stereocenters. The van der Waals surface area contributed by atoms with Gasteiger partial charge in [-0.05, 0) is 72.0 Å². The number of carbonyl (C=O) groups excluding carboxylic acids is 5. The van der Waals surface area contributed by atoms with Crippen LogP contribution in [0.3, 0.4) is 0 Å². The Labute approximate surface area is 420 Å². The van der Waals surface area contributed by atoms with Gasteiger partial charge in [-0.1, -0.05) is 51.1 Å². The Morgan fingerprint density at radius 2 is 1.56 bits per heavy atom. The summed E-state index contributed by atoms with van der Waals surface area (Å²) in [5.41, 5.74) is -0.340. The molecule has 0 radical (unpaired) electrons. The highest BCUT2D eigenvalue weighted by Crippen LogP contribution is 2.43. The molecular weight excluding hydrogens is 925 g/mol. The second-order valence-corrected chi connectivity index (χ2v) is 20.0. The Hall–Kier alpha value is -3.79. The fraction of sp³-hybridized carbons (Fsp3) is 0.788. The topological polar surface area (TPSA) is 225 Å². The zero-order valence-electron chi connectivity index (χ0n) is 44.3. The van der Waals surface area contributed by atoms with Crippen LogP contribution >= 0.6 is 0 Å². The van der Waals surface area contributed by atoms with Crippen molar-refractivity contribution in [2.24, 2.45) is 17.8 Å². The van der Waals surface area contributed by atoms with Crippen LogP contribution in [0.5, 0.6) is 0 Å². The van der Waals surface area contributed by atoms with E-state index >= 15 is 0 Å². The molecule has 0 spiro atoms. The normalized spacial score (nSPS) is 34.7. The number of esters is 4. The number of amides is 1. The van der Waals surface area contributed by atoms with Gasteiger partial charge in [-0.3, -0.25) is 24.0 Å². The molecule has 3 saturated heterocycles. The summed E-state index contributed by atoms with van der Waals surface area (Å²) >= 11 is 0. The molecule has 2 N–H and O–H groups in total. The summed E-state index contributed by atoms with van der Waals surface area (Å²) in [6, 6.07) is 8.85. The first-order valence-corrected chi connectivity index (χ1v) is 25.3. The molecule has 19 heteroatoms. The van der Waals surface area contributed by atoms with Gasteiger partial charge in [-0.15, -0.1) is 0 Å². The number of nitrogens with zero attached hydrogens (tertiary/aromatic N) is 2. The van der Waals surface area contributed by atoms with Crippen molar-refractivity contribution >= 4 is 29.8 Å². The van der Waals surface area contributed by atoms with E-state index in [0.717, 1.165) is 5.56 Å². The lowest BCUT2D eigenvalue weighted by Gasteiger charge is -2.53. The van der Waals surface area contributed by atoms with Crippen molar-refractivity contribution in [1.29, 1.82) is 0 Å². The molecule has 0 aliphatic carbocycles. The number of aryl methyl sites for hydroxylation is 1. The highest BCUT2D eigenvalue weighted by Gasteiger charge is 2.56. The molecular formula is C52H84N2O17. The van der Waals surface area contributed by atoms with Crippen molar-refractivity contribution in [2.45, 2.75) is 198 Å². The molecule has 0 unspecified atom stereocenters. The zero-order valence-corrected chi connectivity index (χ0v) is 44.3. The predicted octanol–water partition coefficient (Wildman–Crippen LogP) is 4.38. The first-order valence-electron chi connectivity index (χ1n) is 25.3. The van der Waals surface area contributed by atoms with Gasteiger partial charge in [0.15, 0.2) is 24.3 Å². The van der Waals surface area contributed by atoms with Crippen molar-refractivity contribution in [1.82, 2.24) is 9.80 Å². The summed E-state index contributed by atoms with van der Waals surface area (Å²) in [6.45, 7) is 13.5. The molecule has 3 aliphatic rings. The maximum atomic E-state index is 14.0. The number of hydrogen-bond acceptors (Lipinski definition) is 18. The molecule has 3 aliphatic heterocycles. The van der Waals surface area contributed by atoms with E-state index in [-0.39, 0.29) is 63.9 Å². The summed E-state index contributed by atoms with van der Waals surface area (Å²) in [4.78, 5) is 69.7. The van der Waals surface area contributed by atoms with Gasteiger partial charge in [0.1, 0.15) is 24.4 Å². The summed E-state index contributed by atoms with van der Waals surface area (Å²) in [7, 11) is 8.01. The number of aliphatic hydroxyl groups is 2. The van der Waals surface area contributed by atoms with E-state index in [1.807, 2.05) is 42.2 Å². The lowest BCUT2D eigenvalue weighted by Crippen LogP contribution is -2.67. The highest BCUT2D eigenvalue weighted by molar-refractivity contribution is 5.76. The van der Waals surface area contributed by atoms with Crippen molar-refractivity contribution < 1.29 is 81.6 Å². The van der Waals surface area contributed by atoms with Gasteiger partial charge in [0.25, 0.3) is 0 Å². The number of benzene rings is 1. The first kappa shape index (κ1) is 59.8. The number of methoxy groups -OCH3 is 3. The van der Waals surface area contributed by atoms with Crippen LogP contribution in [0.2, 0.25) is 0 Å². The number of hydrogen-bond donors (Lipinski definition) is 2. The van der Waals surface area contributed by atoms with E-state index in [4.69, 9.17) is 47.4 Å². The summed E-state index contributed by atoms with van der Waals surface area (Å²) < 4.78 is 61.6. The summed E-state index contributed by atoms with van der Waals surface area (Å²) in [6.07, 6.45) is -10.7. The van der Waals surface area contributed by atoms with Gasteiger partial charge in [-0.2, -0.15) is 0 Å². The van der Waals surface area contributed by atoms with Gasteiger partial charge in [-0.25, -0.2) is 0 Å². The minimum Gasteiger partial charge on any atom is -0.462 e. The molecule has 3 heterocycles. The highest BCUT2D eigenvalue weighted by atomic mass is 16.7. The molecule has 0 saturated carbocycles. The lowest BCUT2D eigenvalue weighted by atomic mass is 9.70. The molecule has 0 aromatic heterocycles. The molecule has 0 bridgehead atoms. The maximum absolute atomic E-state index is 14.0. The Morgan fingerprint density at radius 3 is 2.15 bits per heavy atom. The summed E-state index contributed by atoms with van der Waals surface area (Å²) in [5.74, 6) is -4.52. The van der Waals surface area contributed by atoms with Crippen LogP contribution in [-0.2, 0) is 77.8 Å². The molecule has 71 heavy (non-hydrogen) atoms. The molecule has 4 rings (SSSR count). The van der Waals surface area contributed by atoms with E-state index < -0.39 is 133 Å². The summed E-state index contributed by atoms with van der Waals surface area (Å²) in [5, 5.41) is 25.0. The monoisotopic (exact) mass is 1010 g/mol. The quantitative estimate of drug-likeness (QED) is 0.125. The van der Waals surface area contributed by atoms with Crippen LogP contribution in [0.1, 0.15) is 112 Å². The third-order valence-corrected chi connectivity index (χ3v) is 14.3. The minimum atomic E-state index is -1.37. The van der Waals surface area contributed by atoms with Crippen LogP contribution in [0.4, 0.5) is 0 Å². The molecule has 404 valence electrons. The first-order chi connectivity index (χ1) is 33.6. The molecule has 3 fully saturated rings. The van der Waals surface area contributed by atoms with E-state index in [1.54, 1.807) is 60.5 Å². The number of β-amino-alcohol motifs (C(OH)–C–C–N with tert-alkyl or cyclic N) is 1. The van der Waals surface area contributed by atoms with Crippen molar-refractivity contribution in [3.8, 4) is 0 Å². The van der Waals surface area contributed by atoms with E-state index in [9.17, 15) is 34.2 Å². The van der Waals surface area contributed by atoms with Gasteiger partial charge in [0, 0.05) is 85.8 Å². The maximum Gasteiger partial charge on any atom is 0.309 e. The number of aliphatic hydroxyl groups excluding tert-OH is 2. The predicted molar refractivity (Wildman–Crippen MR) is 258 cm³/mol. The Morgan fingerprint density at radius 1 is 0.915 bits per heavy atom. The van der Waals surface area contributed by atoms with Gasteiger partial charge >= 0.3 is 23.9 Å². The second-order valence-electron chi connectivity index (χ2n) is 20.0. The van der Waals surface area contributed by atoms with Crippen LogP contribution in [0.15, 0.2) is 30.3 Å². The van der Waals surface area contributed by atoms with Crippen LogP contribution in [-0.4, -0.2) is 184 Å². The smallest absolute Gasteiger partial charge is 0.309 e. The van der Waals surface area contributed by atoms with Gasteiger partial charge < -0.3 is 67.4 Å². The van der Waals surface area contributed by atoms with Crippen molar-refractivity contribution in [3.05, 3.63) is 35.9 Å². The van der Waals surface area contributed by atoms with Crippen LogP contribution in [0, 0.1) is 17.8 Å². The number of rotatable bonds is 17. The SMILES string of the molecule is CCC(=O)O[C@@H]1CC(=O)O[C@H](C)CCN(C(=O)CCc2ccccc2)C[C@H](O)[C@H](C)C[C@H](CC(OC)OC)[C@H]([C@@H]2O[C@H](C)[C@@H](O[C@@H]3C[C@@](C)(OC(C)=O)[C@@H](OC(=O)CC)[C@H](C)O3)[C@H](N(C)C)[C@H]2O)[C@@H]1OC. The largest absolute Gasteiger partial charge is 0.462 e. The van der Waals surface area contributed by atoms with E-state index in [2.05, 4.69) is 0 Å². The third kappa shape index (κ3) is 16.6.